The van der Waals surface area contributed by atoms with Crippen molar-refractivity contribution in [3.63, 3.8) is 0 Å². The first-order valence-corrected chi connectivity index (χ1v) is 4.98. The summed E-state index contributed by atoms with van der Waals surface area (Å²) in [6.45, 7) is 5.82. The number of rotatable bonds is 1. The molecule has 1 aliphatic rings. The van der Waals surface area contributed by atoms with Gasteiger partial charge in [-0.15, -0.1) is 0 Å². The van der Waals surface area contributed by atoms with Gasteiger partial charge in [-0.25, -0.2) is 0 Å². The van der Waals surface area contributed by atoms with Crippen LogP contribution in [0.1, 0.15) is 31.9 Å². The maximum atomic E-state index is 3.56. The molecule has 1 atom stereocenters. The highest BCUT2D eigenvalue weighted by Crippen LogP contribution is 2.40. The summed E-state index contributed by atoms with van der Waals surface area (Å²) in [5.74, 6) is 0. The third-order valence-corrected chi connectivity index (χ3v) is 3.03. The van der Waals surface area contributed by atoms with E-state index < -0.39 is 0 Å². The van der Waals surface area contributed by atoms with Crippen molar-refractivity contribution < 1.29 is 0 Å². The van der Waals surface area contributed by atoms with Crippen LogP contribution in [0.4, 0.5) is 0 Å². The van der Waals surface area contributed by atoms with E-state index in [-0.39, 0.29) is 0 Å². The number of hydrogen-bond acceptors (Lipinski definition) is 1. The normalized spacial score (nSPS) is 26.2. The van der Waals surface area contributed by atoms with E-state index in [0.29, 0.717) is 11.5 Å². The predicted molar refractivity (Wildman–Crippen MR) is 55.6 cm³/mol. The molecule has 70 valence electrons. The molecule has 1 aromatic rings. The Kier molecular flexibility index (Phi) is 2.12. The molecular formula is C12H17N. The fourth-order valence-corrected chi connectivity index (χ4v) is 2.17. The van der Waals surface area contributed by atoms with E-state index in [0.717, 1.165) is 6.54 Å². The van der Waals surface area contributed by atoms with Gasteiger partial charge in [0.05, 0.1) is 0 Å². The van der Waals surface area contributed by atoms with Crippen molar-refractivity contribution in [2.75, 3.05) is 6.54 Å². The van der Waals surface area contributed by atoms with Crippen LogP contribution in [-0.2, 0) is 0 Å². The molecule has 2 rings (SSSR count). The number of hydrogen-bond donors (Lipinski definition) is 1. The second kappa shape index (κ2) is 3.15. The Morgan fingerprint density at radius 2 is 1.92 bits per heavy atom. The monoisotopic (exact) mass is 175 g/mol. The second-order valence-electron chi connectivity index (χ2n) is 4.54. The van der Waals surface area contributed by atoms with Gasteiger partial charge in [0.2, 0.25) is 0 Å². The lowest BCUT2D eigenvalue weighted by Crippen LogP contribution is -2.23. The minimum atomic E-state index is 0.404. The molecule has 1 unspecified atom stereocenters. The second-order valence-corrected chi connectivity index (χ2v) is 4.54. The molecule has 1 heteroatoms. The van der Waals surface area contributed by atoms with E-state index in [1.807, 2.05) is 0 Å². The van der Waals surface area contributed by atoms with Gasteiger partial charge in [0.1, 0.15) is 0 Å². The summed E-state index contributed by atoms with van der Waals surface area (Å²) in [5, 5.41) is 3.56. The quantitative estimate of drug-likeness (QED) is 0.692. The molecule has 0 amide bonds. The molecule has 1 N–H and O–H groups in total. The Labute approximate surface area is 80.2 Å². The maximum absolute atomic E-state index is 3.56. The molecule has 0 spiro atoms. The largest absolute Gasteiger partial charge is 0.309 e. The van der Waals surface area contributed by atoms with Crippen LogP contribution in [0.15, 0.2) is 30.3 Å². The lowest BCUT2D eigenvalue weighted by atomic mass is 9.81. The first-order chi connectivity index (χ1) is 6.20. The van der Waals surface area contributed by atoms with Crippen LogP contribution in [0.2, 0.25) is 0 Å². The van der Waals surface area contributed by atoms with Crippen molar-refractivity contribution in [2.24, 2.45) is 5.41 Å². The highest BCUT2D eigenvalue weighted by atomic mass is 15.0. The molecule has 0 bridgehead atoms. The number of benzene rings is 1. The van der Waals surface area contributed by atoms with Gasteiger partial charge in [-0.05, 0) is 23.9 Å². The molecule has 1 saturated heterocycles. The van der Waals surface area contributed by atoms with Crippen LogP contribution in [0.5, 0.6) is 0 Å². The zero-order valence-corrected chi connectivity index (χ0v) is 8.38. The Hall–Kier alpha value is -0.820. The molecule has 1 nitrogen and oxygen atoms in total. The van der Waals surface area contributed by atoms with E-state index in [2.05, 4.69) is 49.5 Å². The van der Waals surface area contributed by atoms with Crippen LogP contribution < -0.4 is 5.32 Å². The molecule has 1 aromatic carbocycles. The maximum Gasteiger partial charge on any atom is 0.0372 e. The van der Waals surface area contributed by atoms with Gasteiger partial charge in [0.15, 0.2) is 0 Å². The van der Waals surface area contributed by atoms with Gasteiger partial charge in [0.25, 0.3) is 0 Å². The lowest BCUT2D eigenvalue weighted by molar-refractivity contribution is 0.320. The van der Waals surface area contributed by atoms with Crippen molar-refractivity contribution in [3.05, 3.63) is 35.9 Å². The molecule has 1 fully saturated rings. The van der Waals surface area contributed by atoms with Crippen LogP contribution >= 0.6 is 0 Å². The molecule has 0 saturated carbocycles. The average molecular weight is 175 g/mol. The van der Waals surface area contributed by atoms with Crippen molar-refractivity contribution >= 4 is 0 Å². The average Bonchev–Trinajstić information content (AvgIpc) is 2.47. The van der Waals surface area contributed by atoms with Crippen molar-refractivity contribution in [3.8, 4) is 0 Å². The Morgan fingerprint density at radius 1 is 1.23 bits per heavy atom. The third kappa shape index (κ3) is 1.61. The molecule has 1 aliphatic heterocycles. The molecule has 0 radical (unpaired) electrons. The van der Waals surface area contributed by atoms with Crippen molar-refractivity contribution in [1.29, 1.82) is 0 Å². The molecule has 0 aliphatic carbocycles. The highest BCUT2D eigenvalue weighted by molar-refractivity contribution is 5.22. The van der Waals surface area contributed by atoms with E-state index >= 15 is 0 Å². The van der Waals surface area contributed by atoms with Gasteiger partial charge >= 0.3 is 0 Å². The molecule has 1 heterocycles. The Morgan fingerprint density at radius 3 is 2.46 bits per heavy atom. The molecule has 13 heavy (non-hydrogen) atoms. The molecule has 0 aromatic heterocycles. The van der Waals surface area contributed by atoms with E-state index in [9.17, 15) is 0 Å². The Bertz CT molecular complexity index is 276. The third-order valence-electron chi connectivity index (χ3n) is 3.03. The van der Waals surface area contributed by atoms with E-state index in [1.165, 1.54) is 12.0 Å². The van der Waals surface area contributed by atoms with Gasteiger partial charge in [0, 0.05) is 6.04 Å². The fourth-order valence-electron chi connectivity index (χ4n) is 2.17. The summed E-state index contributed by atoms with van der Waals surface area (Å²) in [6.07, 6.45) is 1.27. The lowest BCUT2D eigenvalue weighted by Gasteiger charge is -2.26. The van der Waals surface area contributed by atoms with Crippen molar-refractivity contribution in [1.82, 2.24) is 5.32 Å². The summed E-state index contributed by atoms with van der Waals surface area (Å²) >= 11 is 0. The van der Waals surface area contributed by atoms with Crippen molar-refractivity contribution in [2.45, 2.75) is 26.3 Å². The predicted octanol–water partition coefficient (Wildman–Crippen LogP) is 2.75. The first-order valence-electron chi connectivity index (χ1n) is 4.98. The van der Waals surface area contributed by atoms with Gasteiger partial charge in [-0.3, -0.25) is 0 Å². The van der Waals surface area contributed by atoms with Gasteiger partial charge < -0.3 is 5.32 Å². The van der Waals surface area contributed by atoms with E-state index in [1.54, 1.807) is 0 Å². The summed E-state index contributed by atoms with van der Waals surface area (Å²) in [7, 11) is 0. The summed E-state index contributed by atoms with van der Waals surface area (Å²) in [4.78, 5) is 0. The fraction of sp³-hybridized carbons (Fsp3) is 0.500. The minimum absolute atomic E-state index is 0.404. The van der Waals surface area contributed by atoms with Crippen LogP contribution in [-0.4, -0.2) is 6.54 Å². The highest BCUT2D eigenvalue weighted by Gasteiger charge is 2.34. The minimum Gasteiger partial charge on any atom is -0.309 e. The topological polar surface area (TPSA) is 12.0 Å². The smallest absolute Gasteiger partial charge is 0.0372 e. The molecular weight excluding hydrogens is 158 g/mol. The van der Waals surface area contributed by atoms with Crippen LogP contribution in [0, 0.1) is 5.41 Å². The summed E-state index contributed by atoms with van der Waals surface area (Å²) in [6, 6.07) is 11.3. The number of nitrogens with one attached hydrogen (secondary N) is 1. The zero-order chi connectivity index (χ0) is 9.31. The van der Waals surface area contributed by atoms with Gasteiger partial charge in [-0.2, -0.15) is 0 Å². The van der Waals surface area contributed by atoms with Crippen LogP contribution in [0.25, 0.3) is 0 Å². The van der Waals surface area contributed by atoms with Gasteiger partial charge in [-0.1, -0.05) is 44.2 Å². The van der Waals surface area contributed by atoms with E-state index in [4.69, 9.17) is 0 Å². The Balaban J connectivity index is 2.27. The standard InChI is InChI=1S/C12H17N/c1-12(2)8-9-13-11(12)10-6-4-3-5-7-10/h3-7,11,13H,8-9H2,1-2H3. The summed E-state index contributed by atoms with van der Waals surface area (Å²) < 4.78 is 0. The summed E-state index contributed by atoms with van der Waals surface area (Å²) in [5.41, 5.74) is 1.83. The zero-order valence-electron chi connectivity index (χ0n) is 8.38. The SMILES string of the molecule is CC1(C)CCNC1c1ccccc1. The first kappa shape index (κ1) is 8.76. The van der Waals surface area contributed by atoms with Crippen LogP contribution in [0.3, 0.4) is 0 Å².